The lowest BCUT2D eigenvalue weighted by Gasteiger charge is -2.36. The van der Waals surface area contributed by atoms with Crippen LogP contribution >= 0.6 is 0 Å². The Bertz CT molecular complexity index is 745. The Morgan fingerprint density at radius 2 is 1.58 bits per heavy atom. The summed E-state index contributed by atoms with van der Waals surface area (Å²) in [4.78, 5) is 16.1. The van der Waals surface area contributed by atoms with E-state index in [1.807, 2.05) is 15.9 Å². The Morgan fingerprint density at radius 3 is 2.27 bits per heavy atom. The molecule has 0 radical (unpaired) electrons. The largest absolute Gasteiger partial charge is 0.366 e. The molecule has 0 atom stereocenters. The van der Waals surface area contributed by atoms with Crippen LogP contribution in [0.15, 0.2) is 48.5 Å². The molecule has 0 aliphatic carbocycles. The van der Waals surface area contributed by atoms with Gasteiger partial charge < -0.3 is 15.1 Å². The first kappa shape index (κ1) is 18.3. The van der Waals surface area contributed by atoms with Crippen LogP contribution in [-0.2, 0) is 11.3 Å². The number of rotatable bonds is 6. The lowest BCUT2D eigenvalue weighted by atomic mass is 10.2. The number of nitrogens with zero attached hydrogens (tertiary/aromatic N) is 2. The van der Waals surface area contributed by atoms with Crippen LogP contribution in [-0.4, -0.2) is 43.5 Å². The number of hydrogen-bond acceptors (Lipinski definition) is 3. The maximum atomic E-state index is 13.8. The maximum Gasteiger partial charge on any atom is 0.223 e. The molecule has 1 heterocycles. The van der Waals surface area contributed by atoms with Crippen molar-refractivity contribution in [1.29, 1.82) is 0 Å². The summed E-state index contributed by atoms with van der Waals surface area (Å²) in [7, 11) is 0. The highest BCUT2D eigenvalue weighted by Gasteiger charge is 2.22. The molecule has 3 rings (SSSR count). The van der Waals surface area contributed by atoms with E-state index in [0.29, 0.717) is 56.9 Å². The van der Waals surface area contributed by atoms with Crippen molar-refractivity contribution < 1.29 is 13.6 Å². The van der Waals surface area contributed by atoms with E-state index in [2.05, 4.69) is 5.32 Å². The zero-order chi connectivity index (χ0) is 18.4. The second-order valence-corrected chi connectivity index (χ2v) is 6.34. The summed E-state index contributed by atoms with van der Waals surface area (Å²) in [5.41, 5.74) is 1.18. The molecule has 1 saturated heterocycles. The molecule has 1 N–H and O–H groups in total. The SMILES string of the molecule is O=C(CCNCc1ccccc1F)N1CCN(c2ccccc2F)CC1. The molecule has 0 saturated carbocycles. The van der Waals surface area contributed by atoms with E-state index in [1.165, 1.54) is 12.1 Å². The highest BCUT2D eigenvalue weighted by atomic mass is 19.1. The minimum absolute atomic E-state index is 0.0687. The first-order valence-electron chi connectivity index (χ1n) is 8.86. The van der Waals surface area contributed by atoms with Crippen LogP contribution in [0.4, 0.5) is 14.5 Å². The molecule has 0 spiro atoms. The molecule has 1 aliphatic heterocycles. The summed E-state index contributed by atoms with van der Waals surface area (Å²) < 4.78 is 27.4. The summed E-state index contributed by atoms with van der Waals surface area (Å²) in [5.74, 6) is -0.403. The lowest BCUT2D eigenvalue weighted by Crippen LogP contribution is -2.49. The third-order valence-corrected chi connectivity index (χ3v) is 4.61. The summed E-state index contributed by atoms with van der Waals surface area (Å²) in [5, 5.41) is 3.11. The van der Waals surface area contributed by atoms with E-state index in [4.69, 9.17) is 0 Å². The molecule has 6 heteroatoms. The van der Waals surface area contributed by atoms with Crippen molar-refractivity contribution in [2.24, 2.45) is 0 Å². The molecule has 0 bridgehead atoms. The summed E-state index contributed by atoms with van der Waals surface area (Å²) in [6.45, 7) is 3.31. The third kappa shape index (κ3) is 4.58. The number of para-hydroxylation sites is 1. The van der Waals surface area contributed by atoms with Crippen molar-refractivity contribution in [3.8, 4) is 0 Å². The van der Waals surface area contributed by atoms with Crippen LogP contribution in [0.25, 0.3) is 0 Å². The third-order valence-electron chi connectivity index (χ3n) is 4.61. The molecule has 1 aliphatic rings. The van der Waals surface area contributed by atoms with Crippen molar-refractivity contribution in [1.82, 2.24) is 10.2 Å². The number of halogens is 2. The Kier molecular flexibility index (Phi) is 6.17. The molecule has 1 fully saturated rings. The number of amides is 1. The van der Waals surface area contributed by atoms with Crippen molar-refractivity contribution in [3.63, 3.8) is 0 Å². The molecule has 1 amide bonds. The molecule has 0 unspecified atom stereocenters. The van der Waals surface area contributed by atoms with Crippen LogP contribution in [0, 0.1) is 11.6 Å². The summed E-state index contributed by atoms with van der Waals surface area (Å²) in [6.07, 6.45) is 0.369. The Balaban J connectivity index is 1.40. The van der Waals surface area contributed by atoms with E-state index in [0.717, 1.165) is 0 Å². The van der Waals surface area contributed by atoms with Crippen molar-refractivity contribution in [2.45, 2.75) is 13.0 Å². The number of benzene rings is 2. The van der Waals surface area contributed by atoms with E-state index in [1.54, 1.807) is 30.3 Å². The van der Waals surface area contributed by atoms with Crippen LogP contribution in [0.2, 0.25) is 0 Å². The Morgan fingerprint density at radius 1 is 0.923 bits per heavy atom. The van der Waals surface area contributed by atoms with Crippen molar-refractivity contribution >= 4 is 11.6 Å². The second-order valence-electron chi connectivity index (χ2n) is 6.34. The zero-order valence-corrected chi connectivity index (χ0v) is 14.6. The van der Waals surface area contributed by atoms with E-state index in [9.17, 15) is 13.6 Å². The smallest absolute Gasteiger partial charge is 0.223 e. The lowest BCUT2D eigenvalue weighted by molar-refractivity contribution is -0.131. The zero-order valence-electron chi connectivity index (χ0n) is 14.6. The number of hydrogen-bond donors (Lipinski definition) is 1. The topological polar surface area (TPSA) is 35.6 Å². The molecule has 0 aromatic heterocycles. The van der Waals surface area contributed by atoms with Gasteiger partial charge in [0, 0.05) is 51.3 Å². The van der Waals surface area contributed by atoms with Crippen LogP contribution in [0.5, 0.6) is 0 Å². The number of carbonyl (C=O) groups is 1. The molecule has 2 aromatic rings. The van der Waals surface area contributed by atoms with E-state index >= 15 is 0 Å². The second kappa shape index (κ2) is 8.76. The number of piperazine rings is 1. The van der Waals surface area contributed by atoms with Gasteiger partial charge in [-0.2, -0.15) is 0 Å². The monoisotopic (exact) mass is 359 g/mol. The Hall–Kier alpha value is -2.47. The van der Waals surface area contributed by atoms with Gasteiger partial charge in [-0.25, -0.2) is 8.78 Å². The average molecular weight is 359 g/mol. The molecular formula is C20H23F2N3O. The molecule has 4 nitrogen and oxygen atoms in total. The van der Waals surface area contributed by atoms with Crippen molar-refractivity contribution in [2.75, 3.05) is 37.6 Å². The minimum atomic E-state index is -0.240. The fraction of sp³-hybridized carbons (Fsp3) is 0.350. The van der Waals surface area contributed by atoms with Crippen LogP contribution < -0.4 is 10.2 Å². The fourth-order valence-electron chi connectivity index (χ4n) is 3.12. The van der Waals surface area contributed by atoms with Crippen LogP contribution in [0.1, 0.15) is 12.0 Å². The van der Waals surface area contributed by atoms with E-state index < -0.39 is 0 Å². The molecular weight excluding hydrogens is 336 g/mol. The van der Waals surface area contributed by atoms with Gasteiger partial charge in [-0.15, -0.1) is 0 Å². The Labute approximate surface area is 152 Å². The highest BCUT2D eigenvalue weighted by Crippen LogP contribution is 2.20. The first-order valence-corrected chi connectivity index (χ1v) is 8.86. The van der Waals surface area contributed by atoms with Gasteiger partial charge in [0.2, 0.25) is 5.91 Å². The predicted octanol–water partition coefficient (Wildman–Crippen LogP) is 2.79. The number of anilines is 1. The summed E-state index contributed by atoms with van der Waals surface area (Å²) >= 11 is 0. The van der Waals surface area contributed by atoms with Crippen LogP contribution in [0.3, 0.4) is 0 Å². The van der Waals surface area contributed by atoms with Gasteiger partial charge in [0.1, 0.15) is 11.6 Å². The summed E-state index contributed by atoms with van der Waals surface area (Å²) in [6, 6.07) is 13.3. The predicted molar refractivity (Wildman–Crippen MR) is 97.9 cm³/mol. The van der Waals surface area contributed by atoms with E-state index in [-0.39, 0.29) is 17.5 Å². The van der Waals surface area contributed by atoms with Gasteiger partial charge in [-0.1, -0.05) is 30.3 Å². The van der Waals surface area contributed by atoms with Gasteiger partial charge in [0.15, 0.2) is 0 Å². The van der Waals surface area contributed by atoms with Gasteiger partial charge in [0.25, 0.3) is 0 Å². The maximum absolute atomic E-state index is 13.8. The first-order chi connectivity index (χ1) is 12.6. The number of nitrogens with one attached hydrogen (secondary N) is 1. The number of carbonyl (C=O) groups excluding carboxylic acids is 1. The van der Waals surface area contributed by atoms with Gasteiger partial charge in [-0.3, -0.25) is 4.79 Å². The standard InChI is InChI=1S/C20H23F2N3O/c21-17-6-2-1-5-16(17)15-23-10-9-20(26)25-13-11-24(12-14-25)19-8-4-3-7-18(19)22/h1-8,23H,9-15H2. The molecule has 2 aromatic carbocycles. The molecule has 138 valence electrons. The quantitative estimate of drug-likeness (QED) is 0.806. The fourth-order valence-corrected chi connectivity index (χ4v) is 3.12. The average Bonchev–Trinajstić information content (AvgIpc) is 2.67. The van der Waals surface area contributed by atoms with Gasteiger partial charge in [0.05, 0.1) is 5.69 Å². The van der Waals surface area contributed by atoms with Gasteiger partial charge in [-0.05, 0) is 18.2 Å². The minimum Gasteiger partial charge on any atom is -0.366 e. The highest BCUT2D eigenvalue weighted by molar-refractivity contribution is 5.76. The van der Waals surface area contributed by atoms with Crippen molar-refractivity contribution in [3.05, 3.63) is 65.7 Å². The van der Waals surface area contributed by atoms with Gasteiger partial charge >= 0.3 is 0 Å². The molecule has 26 heavy (non-hydrogen) atoms. The normalized spacial score (nSPS) is 14.5.